The number of hydrogen-bond acceptors (Lipinski definition) is 0. The zero-order valence-electron chi connectivity index (χ0n) is 9.90. The van der Waals surface area contributed by atoms with Gasteiger partial charge in [0.15, 0.2) is 0 Å². The standard InChI is InChI=1S/C13H26/c1-5-13(8-6-9-13)10-7-12(4)11(2)3/h11-12H,5-10H2,1-4H3. The van der Waals surface area contributed by atoms with Crippen LogP contribution in [0.25, 0.3) is 0 Å². The molecular weight excluding hydrogens is 156 g/mol. The SMILES string of the molecule is CCC1(CCC(C)C(C)C)CCC1. The Morgan fingerprint density at radius 1 is 1.15 bits per heavy atom. The Hall–Kier alpha value is 0. The first-order chi connectivity index (χ1) is 6.09. The highest BCUT2D eigenvalue weighted by molar-refractivity contribution is 4.86. The molecule has 0 amide bonds. The maximum atomic E-state index is 2.41. The molecule has 0 radical (unpaired) electrons. The first kappa shape index (κ1) is 11.1. The molecule has 1 aliphatic rings. The van der Waals surface area contributed by atoms with E-state index in [-0.39, 0.29) is 0 Å². The molecule has 1 fully saturated rings. The quantitative estimate of drug-likeness (QED) is 0.581. The van der Waals surface area contributed by atoms with E-state index < -0.39 is 0 Å². The third-order valence-corrected chi connectivity index (χ3v) is 4.43. The summed E-state index contributed by atoms with van der Waals surface area (Å²) in [5, 5.41) is 0. The van der Waals surface area contributed by atoms with Crippen LogP contribution in [0.3, 0.4) is 0 Å². The predicted molar refractivity (Wildman–Crippen MR) is 59.8 cm³/mol. The highest BCUT2D eigenvalue weighted by Crippen LogP contribution is 2.48. The van der Waals surface area contributed by atoms with Gasteiger partial charge >= 0.3 is 0 Å². The van der Waals surface area contributed by atoms with Gasteiger partial charge in [0, 0.05) is 0 Å². The van der Waals surface area contributed by atoms with Gasteiger partial charge in [-0.1, -0.05) is 40.5 Å². The lowest BCUT2D eigenvalue weighted by atomic mass is 9.63. The summed E-state index contributed by atoms with van der Waals surface area (Å²) in [6.07, 6.45) is 8.86. The Morgan fingerprint density at radius 3 is 2.08 bits per heavy atom. The van der Waals surface area contributed by atoms with Crippen LogP contribution in [0.4, 0.5) is 0 Å². The van der Waals surface area contributed by atoms with Crippen molar-refractivity contribution >= 4 is 0 Å². The molecule has 13 heavy (non-hydrogen) atoms. The lowest BCUT2D eigenvalue weighted by molar-refractivity contribution is 0.0995. The van der Waals surface area contributed by atoms with E-state index in [0.717, 1.165) is 17.3 Å². The van der Waals surface area contributed by atoms with E-state index in [1.165, 1.54) is 38.5 Å². The van der Waals surface area contributed by atoms with E-state index in [0.29, 0.717) is 0 Å². The fourth-order valence-corrected chi connectivity index (χ4v) is 2.32. The molecule has 0 aromatic carbocycles. The lowest BCUT2D eigenvalue weighted by Gasteiger charge is -2.42. The Labute approximate surface area is 84.1 Å². The van der Waals surface area contributed by atoms with Crippen molar-refractivity contribution in [3.05, 3.63) is 0 Å². The lowest BCUT2D eigenvalue weighted by Crippen LogP contribution is -2.29. The fraction of sp³-hybridized carbons (Fsp3) is 1.00. The largest absolute Gasteiger partial charge is 0.0649 e. The Morgan fingerprint density at radius 2 is 1.77 bits per heavy atom. The summed E-state index contributed by atoms with van der Waals surface area (Å²) >= 11 is 0. The van der Waals surface area contributed by atoms with Crippen LogP contribution < -0.4 is 0 Å². The highest BCUT2D eigenvalue weighted by atomic mass is 14.4. The first-order valence-corrected chi connectivity index (χ1v) is 6.09. The second-order valence-corrected chi connectivity index (χ2v) is 5.47. The van der Waals surface area contributed by atoms with Gasteiger partial charge in [-0.15, -0.1) is 0 Å². The topological polar surface area (TPSA) is 0 Å². The molecule has 1 saturated carbocycles. The highest BCUT2D eigenvalue weighted by Gasteiger charge is 2.34. The molecule has 0 aromatic rings. The van der Waals surface area contributed by atoms with Crippen LogP contribution in [-0.2, 0) is 0 Å². The van der Waals surface area contributed by atoms with Crippen LogP contribution in [0.5, 0.6) is 0 Å². The molecule has 0 heteroatoms. The molecule has 0 heterocycles. The van der Waals surface area contributed by atoms with Crippen LogP contribution in [0.2, 0.25) is 0 Å². The second kappa shape index (κ2) is 4.48. The van der Waals surface area contributed by atoms with Gasteiger partial charge in [-0.05, 0) is 42.9 Å². The van der Waals surface area contributed by atoms with Crippen molar-refractivity contribution in [1.29, 1.82) is 0 Å². The van der Waals surface area contributed by atoms with Gasteiger partial charge in [0.1, 0.15) is 0 Å². The van der Waals surface area contributed by atoms with Gasteiger partial charge in [0.25, 0.3) is 0 Å². The van der Waals surface area contributed by atoms with Crippen molar-refractivity contribution in [3.63, 3.8) is 0 Å². The molecule has 1 unspecified atom stereocenters. The van der Waals surface area contributed by atoms with E-state index in [2.05, 4.69) is 27.7 Å². The van der Waals surface area contributed by atoms with E-state index in [1.807, 2.05) is 0 Å². The summed E-state index contributed by atoms with van der Waals surface area (Å²) in [6, 6.07) is 0. The summed E-state index contributed by atoms with van der Waals surface area (Å²) in [7, 11) is 0. The summed E-state index contributed by atoms with van der Waals surface area (Å²) in [4.78, 5) is 0. The minimum Gasteiger partial charge on any atom is -0.0649 e. The van der Waals surface area contributed by atoms with Crippen molar-refractivity contribution in [2.75, 3.05) is 0 Å². The van der Waals surface area contributed by atoms with E-state index in [4.69, 9.17) is 0 Å². The van der Waals surface area contributed by atoms with Crippen LogP contribution >= 0.6 is 0 Å². The number of rotatable bonds is 5. The summed E-state index contributed by atoms with van der Waals surface area (Å²) in [6.45, 7) is 9.49. The normalized spacial score (nSPS) is 22.8. The maximum Gasteiger partial charge on any atom is -0.0300 e. The third-order valence-electron chi connectivity index (χ3n) is 4.43. The van der Waals surface area contributed by atoms with Crippen LogP contribution in [0.15, 0.2) is 0 Å². The predicted octanol–water partition coefficient (Wildman–Crippen LogP) is 4.64. The average Bonchev–Trinajstić information content (AvgIpc) is 2.02. The molecule has 0 bridgehead atoms. The Bertz CT molecular complexity index is 137. The van der Waals surface area contributed by atoms with Crippen LogP contribution in [0.1, 0.15) is 66.2 Å². The van der Waals surface area contributed by atoms with Crippen molar-refractivity contribution < 1.29 is 0 Å². The summed E-state index contributed by atoms with van der Waals surface area (Å²) < 4.78 is 0. The minimum atomic E-state index is 0.781. The van der Waals surface area contributed by atoms with Gasteiger partial charge < -0.3 is 0 Å². The first-order valence-electron chi connectivity index (χ1n) is 6.09. The van der Waals surface area contributed by atoms with Gasteiger partial charge in [-0.2, -0.15) is 0 Å². The zero-order valence-corrected chi connectivity index (χ0v) is 9.90. The van der Waals surface area contributed by atoms with Crippen molar-refractivity contribution in [3.8, 4) is 0 Å². The van der Waals surface area contributed by atoms with Crippen LogP contribution in [-0.4, -0.2) is 0 Å². The van der Waals surface area contributed by atoms with Crippen molar-refractivity contribution in [1.82, 2.24) is 0 Å². The second-order valence-electron chi connectivity index (χ2n) is 5.47. The molecule has 0 aromatic heterocycles. The molecule has 1 atom stereocenters. The van der Waals surface area contributed by atoms with Gasteiger partial charge in [-0.3, -0.25) is 0 Å². The van der Waals surface area contributed by atoms with Gasteiger partial charge in [0.05, 0.1) is 0 Å². The minimum absolute atomic E-state index is 0.781. The molecule has 0 nitrogen and oxygen atoms in total. The number of hydrogen-bond donors (Lipinski definition) is 0. The monoisotopic (exact) mass is 182 g/mol. The van der Waals surface area contributed by atoms with E-state index >= 15 is 0 Å². The molecule has 1 aliphatic carbocycles. The average molecular weight is 182 g/mol. The molecule has 0 aliphatic heterocycles. The van der Waals surface area contributed by atoms with Crippen molar-refractivity contribution in [2.45, 2.75) is 66.2 Å². The zero-order chi connectivity index (χ0) is 9.90. The maximum absolute atomic E-state index is 2.41. The molecule has 0 saturated heterocycles. The molecule has 0 spiro atoms. The van der Waals surface area contributed by atoms with Crippen molar-refractivity contribution in [2.24, 2.45) is 17.3 Å². The molecule has 1 rings (SSSR count). The Balaban J connectivity index is 2.24. The summed E-state index contributed by atoms with van der Waals surface area (Å²) in [5.41, 5.74) is 0.781. The van der Waals surface area contributed by atoms with E-state index in [1.54, 1.807) is 0 Å². The molecule has 78 valence electrons. The van der Waals surface area contributed by atoms with Crippen LogP contribution in [0, 0.1) is 17.3 Å². The summed E-state index contributed by atoms with van der Waals surface area (Å²) in [5.74, 6) is 1.79. The van der Waals surface area contributed by atoms with Gasteiger partial charge in [-0.25, -0.2) is 0 Å². The van der Waals surface area contributed by atoms with Gasteiger partial charge in [0.2, 0.25) is 0 Å². The van der Waals surface area contributed by atoms with E-state index in [9.17, 15) is 0 Å². The third kappa shape index (κ3) is 2.72. The molecule has 0 N–H and O–H groups in total. The fourth-order valence-electron chi connectivity index (χ4n) is 2.32. The smallest absolute Gasteiger partial charge is 0.0300 e. The molecular formula is C13H26. The Kier molecular flexibility index (Phi) is 3.82.